The Morgan fingerprint density at radius 2 is 0.773 bits per heavy atom. The van der Waals surface area contributed by atoms with Gasteiger partial charge in [-0.05, 0) is 36.0 Å². The van der Waals surface area contributed by atoms with E-state index >= 15 is 0 Å². The lowest BCUT2D eigenvalue weighted by molar-refractivity contribution is -0.697. The molecule has 0 unspecified atom stereocenters. The molecule has 1 aromatic carbocycles. The van der Waals surface area contributed by atoms with E-state index in [1.54, 1.807) is 0 Å². The van der Waals surface area contributed by atoms with Crippen molar-refractivity contribution in [2.24, 2.45) is 0 Å². The van der Waals surface area contributed by atoms with Crippen molar-refractivity contribution in [3.05, 3.63) is 78.9 Å². The minimum Gasteiger partial charge on any atom is -0.205 e. The van der Waals surface area contributed by atoms with E-state index in [1.165, 1.54) is 170 Å². The van der Waals surface area contributed by atoms with Crippen molar-refractivity contribution in [1.82, 2.24) is 0 Å². The van der Waals surface area contributed by atoms with Gasteiger partial charge in [0.15, 0.2) is 24.8 Å². The van der Waals surface area contributed by atoms with Gasteiger partial charge in [0, 0.05) is 42.8 Å². The number of hydrogen-bond donors (Lipinski definition) is 0. The van der Waals surface area contributed by atoms with Crippen molar-refractivity contribution in [3.63, 3.8) is 0 Å². The molecule has 0 aliphatic carbocycles. The van der Waals surface area contributed by atoms with Crippen LogP contribution in [0, 0.1) is 0 Å². The first kappa shape index (κ1) is 36.0. The van der Waals surface area contributed by atoms with Crippen molar-refractivity contribution in [3.8, 4) is 16.8 Å². The van der Waals surface area contributed by atoms with Gasteiger partial charge in [0.2, 0.25) is 5.69 Å². The second kappa shape index (κ2) is 23.8. The summed E-state index contributed by atoms with van der Waals surface area (Å²) in [5.41, 5.74) is 5.26. The van der Waals surface area contributed by atoms with Gasteiger partial charge in [-0.2, -0.15) is 4.57 Å². The highest BCUT2D eigenvalue weighted by molar-refractivity contribution is 5.61. The minimum absolute atomic E-state index is 1.13. The molecule has 3 aromatic rings. The highest BCUT2D eigenvalue weighted by Crippen LogP contribution is 2.17. The van der Waals surface area contributed by atoms with Crippen LogP contribution in [0.1, 0.15) is 161 Å². The fraction of sp³-hybridized carbons (Fsp3) is 0.619. The molecule has 0 N–H and O–H groups in total. The van der Waals surface area contributed by atoms with Crippen LogP contribution in [0.25, 0.3) is 16.8 Å². The van der Waals surface area contributed by atoms with Crippen LogP contribution in [-0.2, 0) is 13.0 Å². The molecular weight excluding hydrogens is 532 g/mol. The lowest BCUT2D eigenvalue weighted by atomic mass is 10.0. The smallest absolute Gasteiger partial charge is 0.205 e. The standard InChI is InChI=1S/C42H66N2/c1-3-5-7-9-11-13-15-16-18-20-22-24-34-43-35-30-40(31-36-43)41-32-37-44(38-33-41)42-28-26-39(27-29-42)25-23-21-19-17-14-12-10-8-6-4-2/h26-33,35-38H,3-25,34H2,1-2H3/q+2. The molecule has 3 rings (SSSR count). The predicted molar refractivity (Wildman–Crippen MR) is 190 cm³/mol. The first-order chi connectivity index (χ1) is 21.8. The predicted octanol–water partition coefficient (Wildman–Crippen LogP) is 12.1. The summed E-state index contributed by atoms with van der Waals surface area (Å²) in [6.07, 6.45) is 40.9. The van der Waals surface area contributed by atoms with E-state index < -0.39 is 0 Å². The summed E-state index contributed by atoms with van der Waals surface area (Å²) in [6.45, 7) is 5.72. The van der Waals surface area contributed by atoms with Gasteiger partial charge in [0.05, 0.1) is 0 Å². The largest absolute Gasteiger partial charge is 0.210 e. The Bertz CT molecular complexity index is 1070. The highest BCUT2D eigenvalue weighted by atomic mass is 14.9. The van der Waals surface area contributed by atoms with Gasteiger partial charge in [-0.3, -0.25) is 0 Å². The second-order valence-electron chi connectivity index (χ2n) is 13.3. The normalized spacial score (nSPS) is 11.3. The number of unbranched alkanes of at least 4 members (excludes halogenated alkanes) is 20. The van der Waals surface area contributed by atoms with Gasteiger partial charge >= 0.3 is 0 Å². The fourth-order valence-corrected chi connectivity index (χ4v) is 6.38. The second-order valence-corrected chi connectivity index (χ2v) is 13.3. The fourth-order valence-electron chi connectivity index (χ4n) is 6.38. The van der Waals surface area contributed by atoms with Crippen molar-refractivity contribution < 1.29 is 9.13 Å². The number of pyridine rings is 2. The molecule has 0 fully saturated rings. The summed E-state index contributed by atoms with van der Waals surface area (Å²) in [5.74, 6) is 0. The zero-order chi connectivity index (χ0) is 30.9. The zero-order valence-electron chi connectivity index (χ0n) is 28.8. The maximum absolute atomic E-state index is 2.35. The van der Waals surface area contributed by atoms with Crippen molar-refractivity contribution in [2.45, 2.75) is 168 Å². The summed E-state index contributed by atoms with van der Waals surface area (Å²) in [5, 5.41) is 0. The van der Waals surface area contributed by atoms with E-state index in [-0.39, 0.29) is 0 Å². The van der Waals surface area contributed by atoms with E-state index in [9.17, 15) is 0 Å². The first-order valence-corrected chi connectivity index (χ1v) is 18.9. The molecule has 2 heterocycles. The van der Waals surface area contributed by atoms with E-state index in [2.05, 4.69) is 96.3 Å². The Labute approximate surface area is 272 Å². The van der Waals surface area contributed by atoms with Crippen LogP contribution in [0.3, 0.4) is 0 Å². The van der Waals surface area contributed by atoms with E-state index in [4.69, 9.17) is 0 Å². The van der Waals surface area contributed by atoms with Gasteiger partial charge in [0.25, 0.3) is 0 Å². The molecule has 0 aliphatic rings. The third-order valence-corrected chi connectivity index (χ3v) is 9.38. The van der Waals surface area contributed by atoms with Crippen LogP contribution >= 0.6 is 0 Å². The molecule has 2 nitrogen and oxygen atoms in total. The van der Waals surface area contributed by atoms with Crippen LogP contribution in [-0.4, -0.2) is 0 Å². The lowest BCUT2D eigenvalue weighted by Gasteiger charge is -2.04. The Morgan fingerprint density at radius 3 is 1.23 bits per heavy atom. The summed E-state index contributed by atoms with van der Waals surface area (Å²) >= 11 is 0. The summed E-state index contributed by atoms with van der Waals surface area (Å²) in [7, 11) is 0. The number of aromatic nitrogens is 2. The first-order valence-electron chi connectivity index (χ1n) is 18.9. The molecule has 0 atom stereocenters. The van der Waals surface area contributed by atoms with Crippen LogP contribution in [0.5, 0.6) is 0 Å². The molecule has 44 heavy (non-hydrogen) atoms. The third kappa shape index (κ3) is 15.5. The molecule has 0 bridgehead atoms. The molecule has 0 aliphatic heterocycles. The van der Waals surface area contributed by atoms with Crippen LogP contribution in [0.15, 0.2) is 73.3 Å². The summed E-state index contributed by atoms with van der Waals surface area (Å²) in [6, 6.07) is 18.2. The van der Waals surface area contributed by atoms with Gasteiger partial charge in [-0.1, -0.05) is 148 Å². The third-order valence-electron chi connectivity index (χ3n) is 9.38. The number of rotatable bonds is 26. The van der Waals surface area contributed by atoms with Gasteiger partial charge in [0.1, 0.15) is 6.54 Å². The molecule has 242 valence electrons. The number of benzene rings is 1. The monoisotopic (exact) mass is 599 g/mol. The summed E-state index contributed by atoms with van der Waals surface area (Å²) in [4.78, 5) is 0. The average molecular weight is 599 g/mol. The molecule has 0 amide bonds. The highest BCUT2D eigenvalue weighted by Gasteiger charge is 2.09. The molecule has 0 saturated carbocycles. The van der Waals surface area contributed by atoms with Crippen LogP contribution in [0.2, 0.25) is 0 Å². The molecule has 0 spiro atoms. The van der Waals surface area contributed by atoms with E-state index in [0.29, 0.717) is 0 Å². The maximum Gasteiger partial charge on any atom is 0.210 e. The maximum atomic E-state index is 2.35. The van der Waals surface area contributed by atoms with E-state index in [1.807, 2.05) is 0 Å². The Morgan fingerprint density at radius 1 is 0.386 bits per heavy atom. The molecular formula is C42H66N2+2. The molecule has 0 radical (unpaired) electrons. The van der Waals surface area contributed by atoms with Crippen molar-refractivity contribution >= 4 is 0 Å². The van der Waals surface area contributed by atoms with Crippen LogP contribution in [0.4, 0.5) is 0 Å². The molecule has 2 aromatic heterocycles. The topological polar surface area (TPSA) is 7.76 Å². The quantitative estimate of drug-likeness (QED) is 0.0641. The van der Waals surface area contributed by atoms with Gasteiger partial charge in [-0.25, -0.2) is 4.57 Å². The summed E-state index contributed by atoms with van der Waals surface area (Å²) < 4.78 is 4.57. The molecule has 2 heteroatoms. The number of nitrogens with zero attached hydrogens (tertiary/aromatic N) is 2. The SMILES string of the molecule is CCCCCCCCCCCCCC[n+]1ccc(-c2cc[n+](-c3ccc(CCCCCCCCCCCC)cc3)cc2)cc1. The molecule has 0 saturated heterocycles. The minimum atomic E-state index is 1.13. The van der Waals surface area contributed by atoms with Crippen LogP contribution < -0.4 is 9.13 Å². The van der Waals surface area contributed by atoms with Gasteiger partial charge < -0.3 is 0 Å². The average Bonchev–Trinajstić information content (AvgIpc) is 3.07. The Hall–Kier alpha value is -2.48. The zero-order valence-corrected chi connectivity index (χ0v) is 28.8. The van der Waals surface area contributed by atoms with Gasteiger partial charge in [-0.15, -0.1) is 0 Å². The number of aryl methyl sites for hydroxylation is 2. The van der Waals surface area contributed by atoms with E-state index in [0.717, 1.165) is 6.54 Å². The number of hydrogen-bond acceptors (Lipinski definition) is 0. The lowest BCUT2D eigenvalue weighted by Crippen LogP contribution is -2.32. The van der Waals surface area contributed by atoms with Crippen molar-refractivity contribution in [2.75, 3.05) is 0 Å². The Balaban J connectivity index is 1.27. The van der Waals surface area contributed by atoms with Crippen molar-refractivity contribution in [1.29, 1.82) is 0 Å². The Kier molecular flexibility index (Phi) is 19.5.